The maximum atomic E-state index is 6.12. The predicted octanol–water partition coefficient (Wildman–Crippen LogP) is 5.73. The zero-order valence-electron chi connectivity index (χ0n) is 8.06. The molecule has 0 spiro atoms. The largest absolute Gasteiger partial charge is 0.116 e. The lowest BCUT2D eigenvalue weighted by molar-refractivity contribution is 0.801. The van der Waals surface area contributed by atoms with Crippen LogP contribution in [0.25, 0.3) is 0 Å². The second-order valence-corrected chi connectivity index (χ2v) is 7.83. The van der Waals surface area contributed by atoms with Crippen LogP contribution in [-0.2, 0) is 0 Å². The van der Waals surface area contributed by atoms with Crippen molar-refractivity contribution in [1.82, 2.24) is 0 Å². The van der Waals surface area contributed by atoms with Crippen LogP contribution in [0.5, 0.6) is 0 Å². The van der Waals surface area contributed by atoms with Crippen LogP contribution in [0.15, 0.2) is 35.4 Å². The zero-order chi connectivity index (χ0) is 12.1. The van der Waals surface area contributed by atoms with E-state index in [2.05, 4.69) is 54.4 Å². The number of hydrogen-bond acceptors (Lipinski definition) is 0. The van der Waals surface area contributed by atoms with Gasteiger partial charge in [0.2, 0.25) is 0 Å². The highest BCUT2D eigenvalue weighted by atomic mass is 79.9. The highest BCUT2D eigenvalue weighted by molar-refractivity contribution is 9.24. The summed E-state index contributed by atoms with van der Waals surface area (Å²) in [4.78, 5) is 1.17. The SMILES string of the molecule is C=C[C@](C)(Cl)[C@@H](Cl)/C=C/C(=C\Br)C(Br)Br. The summed E-state index contributed by atoms with van der Waals surface area (Å²) >= 11 is 22.3. The normalized spacial score (nSPS) is 19.3. The monoisotopic (exact) mass is 438 g/mol. The molecule has 0 amide bonds. The zero-order valence-corrected chi connectivity index (χ0v) is 14.3. The molecule has 2 atom stereocenters. The van der Waals surface area contributed by atoms with Crippen molar-refractivity contribution in [2.75, 3.05) is 0 Å². The van der Waals surface area contributed by atoms with Crippen LogP contribution in [-0.4, -0.2) is 14.0 Å². The molecular weight excluding hydrogens is 431 g/mol. The fourth-order valence-electron chi connectivity index (χ4n) is 0.653. The van der Waals surface area contributed by atoms with Crippen LogP contribution in [0, 0.1) is 0 Å². The average Bonchev–Trinajstić information content (AvgIpc) is 2.17. The molecule has 0 aliphatic heterocycles. The summed E-state index contributed by atoms with van der Waals surface area (Å²) in [7, 11) is 0. The number of hydrogen-bond donors (Lipinski definition) is 0. The molecule has 0 aliphatic rings. The van der Waals surface area contributed by atoms with Crippen molar-refractivity contribution in [1.29, 1.82) is 0 Å². The molecule has 0 aromatic heterocycles. The Labute approximate surface area is 126 Å². The molecule has 0 heterocycles. The number of allylic oxidation sites excluding steroid dienone is 4. The van der Waals surface area contributed by atoms with Crippen molar-refractivity contribution >= 4 is 71.0 Å². The number of halogens is 5. The minimum absolute atomic E-state index is 0.0785. The van der Waals surface area contributed by atoms with Gasteiger partial charge < -0.3 is 0 Å². The maximum absolute atomic E-state index is 6.12. The average molecular weight is 442 g/mol. The third kappa shape index (κ3) is 5.92. The van der Waals surface area contributed by atoms with Crippen LogP contribution in [0.2, 0.25) is 0 Å². The quantitative estimate of drug-likeness (QED) is 0.290. The third-order valence-corrected chi connectivity index (χ3v) is 4.46. The molecule has 0 saturated carbocycles. The summed E-state index contributed by atoms with van der Waals surface area (Å²) in [5.41, 5.74) is 1.01. The Kier molecular flexibility index (Phi) is 8.17. The van der Waals surface area contributed by atoms with Gasteiger partial charge in [0.15, 0.2) is 0 Å². The van der Waals surface area contributed by atoms with Crippen molar-refractivity contribution < 1.29 is 0 Å². The van der Waals surface area contributed by atoms with Gasteiger partial charge in [0.25, 0.3) is 0 Å². The summed E-state index contributed by atoms with van der Waals surface area (Å²) in [6.45, 7) is 5.46. The van der Waals surface area contributed by atoms with Crippen molar-refractivity contribution in [3.63, 3.8) is 0 Å². The van der Waals surface area contributed by atoms with E-state index >= 15 is 0 Å². The van der Waals surface area contributed by atoms with Gasteiger partial charge in [-0.1, -0.05) is 66.0 Å². The Morgan fingerprint density at radius 2 is 2.00 bits per heavy atom. The number of rotatable bonds is 5. The van der Waals surface area contributed by atoms with E-state index in [1.54, 1.807) is 11.1 Å². The van der Waals surface area contributed by atoms with Gasteiger partial charge in [-0.3, -0.25) is 0 Å². The first kappa shape index (κ1) is 16.2. The van der Waals surface area contributed by atoms with Gasteiger partial charge in [-0.15, -0.1) is 29.8 Å². The summed E-state index contributed by atoms with van der Waals surface area (Å²) in [6, 6.07) is 0. The summed E-state index contributed by atoms with van der Waals surface area (Å²) in [6.07, 6.45) is 5.36. The van der Waals surface area contributed by atoms with E-state index in [1.165, 1.54) is 0 Å². The molecule has 0 saturated heterocycles. The Balaban J connectivity index is 4.60. The summed E-state index contributed by atoms with van der Waals surface area (Å²) in [5, 5.41) is -0.308. The van der Waals surface area contributed by atoms with Crippen LogP contribution >= 0.6 is 71.0 Å². The Morgan fingerprint density at radius 1 is 1.47 bits per heavy atom. The maximum Gasteiger partial charge on any atom is 0.0951 e. The molecule has 0 aliphatic carbocycles. The summed E-state index contributed by atoms with van der Waals surface area (Å²) < 4.78 is 0.0785. The van der Waals surface area contributed by atoms with Gasteiger partial charge in [0.05, 0.1) is 14.0 Å². The second kappa shape index (κ2) is 7.54. The van der Waals surface area contributed by atoms with Crippen molar-refractivity contribution in [2.24, 2.45) is 0 Å². The molecule has 0 rings (SSSR count). The minimum Gasteiger partial charge on any atom is -0.116 e. The van der Waals surface area contributed by atoms with Crippen LogP contribution in [0.4, 0.5) is 0 Å². The molecule has 0 fully saturated rings. The molecule has 0 unspecified atom stereocenters. The molecule has 5 heteroatoms. The lowest BCUT2D eigenvalue weighted by Gasteiger charge is -2.20. The van der Waals surface area contributed by atoms with Gasteiger partial charge in [0.1, 0.15) is 0 Å². The summed E-state index contributed by atoms with van der Waals surface area (Å²) in [5.74, 6) is 0. The first-order valence-corrected chi connectivity index (χ1v) is 7.64. The third-order valence-electron chi connectivity index (χ3n) is 1.77. The highest BCUT2D eigenvalue weighted by Crippen LogP contribution is 2.28. The molecule has 0 aromatic carbocycles. The fourth-order valence-corrected chi connectivity index (χ4v) is 2.58. The minimum atomic E-state index is -0.635. The molecule has 0 nitrogen and oxygen atoms in total. The Hall–Kier alpha value is 1.24. The molecule has 0 aromatic rings. The Morgan fingerprint density at radius 3 is 2.33 bits per heavy atom. The van der Waals surface area contributed by atoms with Crippen LogP contribution in [0.3, 0.4) is 0 Å². The molecule has 0 radical (unpaired) electrons. The van der Waals surface area contributed by atoms with Crippen molar-refractivity contribution in [3.05, 3.63) is 35.4 Å². The topological polar surface area (TPSA) is 0 Å². The molecule has 15 heavy (non-hydrogen) atoms. The van der Waals surface area contributed by atoms with Crippen molar-refractivity contribution in [2.45, 2.75) is 20.9 Å². The molecule has 0 bridgehead atoms. The van der Waals surface area contributed by atoms with Gasteiger partial charge >= 0.3 is 0 Å². The van der Waals surface area contributed by atoms with E-state index in [1.807, 2.05) is 19.1 Å². The van der Waals surface area contributed by atoms with Gasteiger partial charge in [0, 0.05) is 0 Å². The predicted molar refractivity (Wildman–Crippen MR) is 81.9 cm³/mol. The van der Waals surface area contributed by atoms with Gasteiger partial charge in [-0.05, 0) is 17.5 Å². The van der Waals surface area contributed by atoms with E-state index in [0.717, 1.165) is 5.57 Å². The van der Waals surface area contributed by atoms with Crippen LogP contribution < -0.4 is 0 Å². The standard InChI is InChI=1S/C10H11Br3Cl2/c1-3-10(2,15)8(14)5-4-7(6-11)9(12)13/h3-6,8-9H,1H2,2H3/b5-4+,7-6+/t8-,10-/m0/s1. The first-order chi connectivity index (χ1) is 6.85. The van der Waals surface area contributed by atoms with E-state index in [4.69, 9.17) is 23.2 Å². The number of alkyl halides is 4. The smallest absolute Gasteiger partial charge is 0.0951 e. The van der Waals surface area contributed by atoms with Crippen molar-refractivity contribution in [3.8, 4) is 0 Å². The van der Waals surface area contributed by atoms with Gasteiger partial charge in [-0.2, -0.15) is 0 Å². The molecular formula is C10H11Br3Cl2. The van der Waals surface area contributed by atoms with E-state index in [9.17, 15) is 0 Å². The fraction of sp³-hybridized carbons (Fsp3) is 0.400. The van der Waals surface area contributed by atoms with E-state index < -0.39 is 4.87 Å². The van der Waals surface area contributed by atoms with E-state index in [-0.39, 0.29) is 9.11 Å². The Bertz CT molecular complexity index is 270. The lowest BCUT2D eigenvalue weighted by atomic mass is 10.1. The highest BCUT2D eigenvalue weighted by Gasteiger charge is 2.24. The van der Waals surface area contributed by atoms with E-state index in [0.29, 0.717) is 0 Å². The first-order valence-electron chi connectivity index (χ1n) is 4.08. The second-order valence-electron chi connectivity index (χ2n) is 3.03. The van der Waals surface area contributed by atoms with Gasteiger partial charge in [-0.25, -0.2) is 0 Å². The molecule has 86 valence electrons. The lowest BCUT2D eigenvalue weighted by Crippen LogP contribution is -2.24. The molecule has 0 N–H and O–H groups in total. The van der Waals surface area contributed by atoms with Crippen LogP contribution in [0.1, 0.15) is 6.92 Å².